The zero-order valence-corrected chi connectivity index (χ0v) is 5.55. The molecule has 1 aromatic rings. The van der Waals surface area contributed by atoms with Crippen molar-refractivity contribution in [1.82, 2.24) is 10.2 Å². The maximum absolute atomic E-state index is 10.2. The van der Waals surface area contributed by atoms with Crippen molar-refractivity contribution < 1.29 is 16.9 Å². The fourth-order valence-corrected chi connectivity index (χ4v) is 0.215. The van der Waals surface area contributed by atoms with Gasteiger partial charge in [-0.3, -0.25) is 9.65 Å². The molecule has 1 rings (SSSR count). The van der Waals surface area contributed by atoms with Crippen molar-refractivity contribution in [2.24, 2.45) is 0 Å². The van der Waals surface area contributed by atoms with Gasteiger partial charge in [0.2, 0.25) is 0 Å². The van der Waals surface area contributed by atoms with Gasteiger partial charge in [0.15, 0.2) is 0 Å². The second kappa shape index (κ2) is 3.96. The van der Waals surface area contributed by atoms with Gasteiger partial charge in [-0.25, -0.2) is 0 Å². The van der Waals surface area contributed by atoms with Crippen LogP contribution in [0.5, 0.6) is 0 Å². The van der Waals surface area contributed by atoms with Crippen LogP contribution in [0.2, 0.25) is 0 Å². The van der Waals surface area contributed by atoms with Gasteiger partial charge in [-0.05, 0) is 6.07 Å². The van der Waals surface area contributed by atoms with Gasteiger partial charge in [0.25, 0.3) is 0 Å². The van der Waals surface area contributed by atoms with E-state index in [4.69, 9.17) is 13.0 Å². The Kier molecular flexibility index (Phi) is 3.59. The molecule has 0 fully saturated rings. The number of aromatic amines is 1. The lowest BCUT2D eigenvalue weighted by atomic mass is 10.8. The van der Waals surface area contributed by atoms with Gasteiger partial charge in [-0.15, -0.1) is 0 Å². The van der Waals surface area contributed by atoms with Gasteiger partial charge in [-0.2, -0.15) is 13.5 Å². The van der Waals surface area contributed by atoms with Gasteiger partial charge in [0, 0.05) is 12.4 Å². The van der Waals surface area contributed by atoms with Crippen molar-refractivity contribution in [3.8, 4) is 0 Å². The average Bonchev–Trinajstić information content (AvgIpc) is 2.07. The highest BCUT2D eigenvalue weighted by atomic mass is 32.3. The molecule has 2 N–H and O–H groups in total. The molecule has 10 heavy (non-hydrogen) atoms. The van der Waals surface area contributed by atoms with Gasteiger partial charge in [-0.1, -0.05) is 3.89 Å². The first-order valence-electron chi connectivity index (χ1n) is 2.11. The fourth-order valence-electron chi connectivity index (χ4n) is 0.215. The predicted molar refractivity (Wildman–Crippen MR) is 31.2 cm³/mol. The standard InChI is InChI=1S/C3H4N2.FHO3S/c1-2-4-5-3-1;1-5(2,3)4/h1-3H,(H,4,5);(H,2,3,4). The van der Waals surface area contributed by atoms with Gasteiger partial charge in [0.1, 0.15) is 0 Å². The van der Waals surface area contributed by atoms with Crippen molar-refractivity contribution in [2.45, 2.75) is 0 Å². The molecule has 5 nitrogen and oxygen atoms in total. The zero-order chi connectivity index (χ0) is 8.04. The Morgan fingerprint density at radius 2 is 2.10 bits per heavy atom. The highest BCUT2D eigenvalue weighted by Crippen LogP contribution is 1.74. The molecule has 0 radical (unpaired) electrons. The van der Waals surface area contributed by atoms with E-state index in [1.165, 1.54) is 0 Å². The number of rotatable bonds is 0. The number of halogens is 1. The number of aromatic nitrogens is 2. The number of nitrogens with one attached hydrogen (secondary N) is 1. The van der Waals surface area contributed by atoms with E-state index in [2.05, 4.69) is 10.2 Å². The molecule has 0 atom stereocenters. The monoisotopic (exact) mass is 168 g/mol. The summed E-state index contributed by atoms with van der Waals surface area (Å²) in [5, 5.41) is 6.21. The minimum Gasteiger partial charge on any atom is -0.286 e. The number of hydrogen-bond acceptors (Lipinski definition) is 3. The summed E-state index contributed by atoms with van der Waals surface area (Å²) in [6.45, 7) is 0. The highest BCUT2D eigenvalue weighted by molar-refractivity contribution is 7.80. The molecule has 0 amide bonds. The van der Waals surface area contributed by atoms with E-state index in [1.807, 2.05) is 6.07 Å². The number of hydrogen-bond donors (Lipinski definition) is 2. The Morgan fingerprint density at radius 3 is 2.20 bits per heavy atom. The quantitative estimate of drug-likeness (QED) is 0.427. The summed E-state index contributed by atoms with van der Waals surface area (Å²) in [4.78, 5) is 0. The maximum atomic E-state index is 10.2. The third-order valence-electron chi connectivity index (χ3n) is 0.406. The van der Waals surface area contributed by atoms with Crippen LogP contribution in [0, 0.1) is 0 Å². The Bertz CT molecular complexity index is 218. The number of nitrogens with zero attached hydrogens (tertiary/aromatic N) is 1. The second-order valence-electron chi connectivity index (χ2n) is 1.18. The van der Waals surface area contributed by atoms with E-state index in [1.54, 1.807) is 12.4 Å². The third-order valence-corrected chi connectivity index (χ3v) is 0.406. The smallest absolute Gasteiger partial charge is 0.286 e. The Morgan fingerprint density at radius 1 is 1.60 bits per heavy atom. The van der Waals surface area contributed by atoms with Gasteiger partial charge >= 0.3 is 10.5 Å². The first kappa shape index (κ1) is 9.05. The molecule has 0 spiro atoms. The summed E-state index contributed by atoms with van der Waals surface area (Å²) < 4.78 is 34.1. The fraction of sp³-hybridized carbons (Fsp3) is 0. The molecule has 0 bridgehead atoms. The molecule has 7 heteroatoms. The first-order valence-corrected chi connectivity index (χ1v) is 3.45. The van der Waals surface area contributed by atoms with E-state index < -0.39 is 10.5 Å². The zero-order valence-electron chi connectivity index (χ0n) is 4.73. The van der Waals surface area contributed by atoms with Crippen molar-refractivity contribution in [3.05, 3.63) is 18.5 Å². The van der Waals surface area contributed by atoms with Crippen LogP contribution in [0.4, 0.5) is 3.89 Å². The summed E-state index contributed by atoms with van der Waals surface area (Å²) >= 11 is 0. The molecule has 0 saturated heterocycles. The molecule has 1 heterocycles. The Hall–Kier alpha value is -0.950. The topological polar surface area (TPSA) is 83.1 Å². The van der Waals surface area contributed by atoms with Crippen molar-refractivity contribution in [1.29, 1.82) is 0 Å². The summed E-state index contributed by atoms with van der Waals surface area (Å²) in [5.41, 5.74) is 0. The van der Waals surface area contributed by atoms with E-state index in [0.717, 1.165) is 0 Å². The summed E-state index contributed by atoms with van der Waals surface area (Å²) in [6.07, 6.45) is 3.46. The molecule has 0 unspecified atom stereocenters. The van der Waals surface area contributed by atoms with Crippen LogP contribution in [0.15, 0.2) is 18.5 Å². The second-order valence-corrected chi connectivity index (χ2v) is 2.00. The lowest BCUT2D eigenvalue weighted by Gasteiger charge is -1.63. The van der Waals surface area contributed by atoms with Crippen LogP contribution in [-0.4, -0.2) is 23.2 Å². The van der Waals surface area contributed by atoms with Crippen LogP contribution in [-0.2, 0) is 10.5 Å². The third kappa shape index (κ3) is 15.7. The summed E-state index contributed by atoms with van der Waals surface area (Å²) in [7, 11) is -5.17. The van der Waals surface area contributed by atoms with Crippen molar-refractivity contribution >= 4 is 10.5 Å². The molecular formula is C3H5FN2O3S. The van der Waals surface area contributed by atoms with Crippen LogP contribution >= 0.6 is 0 Å². The molecular weight excluding hydrogens is 163 g/mol. The highest BCUT2D eigenvalue weighted by Gasteiger charge is 1.89. The SMILES string of the molecule is O=S(=O)(O)F.c1cn[nH]c1. The van der Waals surface area contributed by atoms with Crippen LogP contribution in [0.3, 0.4) is 0 Å². The molecule has 1 aromatic heterocycles. The molecule has 0 saturated carbocycles. The molecule has 0 aliphatic carbocycles. The van der Waals surface area contributed by atoms with E-state index in [0.29, 0.717) is 0 Å². The molecule has 58 valence electrons. The van der Waals surface area contributed by atoms with Gasteiger partial charge in [0.05, 0.1) is 0 Å². The largest absolute Gasteiger partial charge is 0.435 e. The maximum Gasteiger partial charge on any atom is 0.435 e. The number of H-pyrrole nitrogens is 1. The van der Waals surface area contributed by atoms with Crippen molar-refractivity contribution in [3.63, 3.8) is 0 Å². The van der Waals surface area contributed by atoms with Crippen LogP contribution < -0.4 is 0 Å². The summed E-state index contributed by atoms with van der Waals surface area (Å²) in [6, 6.07) is 1.83. The van der Waals surface area contributed by atoms with Crippen LogP contribution in [0.1, 0.15) is 0 Å². The van der Waals surface area contributed by atoms with Crippen molar-refractivity contribution in [2.75, 3.05) is 0 Å². The minimum atomic E-state index is -5.17. The predicted octanol–water partition coefficient (Wildman–Crippen LogP) is 0.168. The lowest BCUT2D eigenvalue weighted by Crippen LogP contribution is -1.80. The Labute approximate surface area is 56.9 Å². The van der Waals surface area contributed by atoms with E-state index in [-0.39, 0.29) is 0 Å². The molecule has 0 aliphatic heterocycles. The molecule has 0 aromatic carbocycles. The van der Waals surface area contributed by atoms with E-state index >= 15 is 0 Å². The lowest BCUT2D eigenvalue weighted by molar-refractivity contribution is 0.435. The molecule has 0 aliphatic rings. The van der Waals surface area contributed by atoms with E-state index in [9.17, 15) is 3.89 Å². The average molecular weight is 168 g/mol. The summed E-state index contributed by atoms with van der Waals surface area (Å²) in [5.74, 6) is 0. The Balaban J connectivity index is 0.000000162. The first-order chi connectivity index (χ1) is 4.50. The van der Waals surface area contributed by atoms with Gasteiger partial charge < -0.3 is 0 Å². The van der Waals surface area contributed by atoms with Crippen LogP contribution in [0.25, 0.3) is 0 Å². The minimum absolute atomic E-state index is 1.69. The normalized spacial score (nSPS) is 9.80.